The number of benzene rings is 1. The lowest BCUT2D eigenvalue weighted by molar-refractivity contribution is -0.385. The van der Waals surface area contributed by atoms with Crippen molar-refractivity contribution >= 4 is 17.0 Å². The van der Waals surface area contributed by atoms with Crippen LogP contribution in [-0.4, -0.2) is 15.0 Å². The Morgan fingerprint density at radius 2 is 2.30 bits per heavy atom. The summed E-state index contributed by atoms with van der Waals surface area (Å²) in [6, 6.07) is 4.18. The number of ether oxygens (including phenoxy) is 1. The molecule has 0 amide bonds. The quantitative estimate of drug-likeness (QED) is 0.676. The summed E-state index contributed by atoms with van der Waals surface area (Å²) in [4.78, 5) is 14.5. The minimum atomic E-state index is -0.845. The van der Waals surface area contributed by atoms with Crippen LogP contribution in [0.2, 0.25) is 0 Å². The van der Waals surface area contributed by atoms with E-state index in [1.54, 1.807) is 6.92 Å². The van der Waals surface area contributed by atoms with E-state index < -0.39 is 11.0 Å². The standard InChI is InChI=1S/C13H14N2O4S/c1-8-7-20-13(14-8)6-19-12-4-3-10(15(17)18)5-11(12)9(2)16/h3-5,7,9,16H,6H2,1-2H3/t9-/m0/s1. The minimum absolute atomic E-state index is 0.0710. The molecule has 0 bridgehead atoms. The van der Waals surface area contributed by atoms with Crippen molar-refractivity contribution in [3.63, 3.8) is 0 Å². The first-order valence-electron chi connectivity index (χ1n) is 5.97. The summed E-state index contributed by atoms with van der Waals surface area (Å²) in [7, 11) is 0. The van der Waals surface area contributed by atoms with Gasteiger partial charge in [-0.05, 0) is 19.9 Å². The van der Waals surface area contributed by atoms with E-state index in [4.69, 9.17) is 4.74 Å². The highest BCUT2D eigenvalue weighted by Gasteiger charge is 2.15. The van der Waals surface area contributed by atoms with Crippen molar-refractivity contribution < 1.29 is 14.8 Å². The largest absolute Gasteiger partial charge is 0.486 e. The van der Waals surface area contributed by atoms with Gasteiger partial charge in [0.15, 0.2) is 0 Å². The van der Waals surface area contributed by atoms with Gasteiger partial charge in [-0.2, -0.15) is 0 Å². The second-order valence-corrected chi connectivity index (χ2v) is 5.27. The van der Waals surface area contributed by atoms with Gasteiger partial charge in [0, 0.05) is 28.8 Å². The van der Waals surface area contributed by atoms with Gasteiger partial charge in [0.2, 0.25) is 0 Å². The van der Waals surface area contributed by atoms with Crippen LogP contribution in [0.5, 0.6) is 5.75 Å². The van der Waals surface area contributed by atoms with Gasteiger partial charge < -0.3 is 9.84 Å². The molecule has 0 saturated heterocycles. The van der Waals surface area contributed by atoms with Crippen molar-refractivity contribution in [2.75, 3.05) is 0 Å². The summed E-state index contributed by atoms with van der Waals surface area (Å²) in [6.07, 6.45) is -0.845. The molecular weight excluding hydrogens is 280 g/mol. The number of nitrogens with zero attached hydrogens (tertiary/aromatic N) is 2. The molecule has 1 aromatic carbocycles. The first-order valence-corrected chi connectivity index (χ1v) is 6.85. The van der Waals surface area contributed by atoms with Gasteiger partial charge in [-0.3, -0.25) is 10.1 Å². The highest BCUT2D eigenvalue weighted by atomic mass is 32.1. The molecule has 0 aliphatic heterocycles. The molecule has 1 aromatic heterocycles. The van der Waals surface area contributed by atoms with Crippen molar-refractivity contribution in [2.24, 2.45) is 0 Å². The number of thiazole rings is 1. The third kappa shape index (κ3) is 3.31. The molecule has 0 aliphatic rings. The van der Waals surface area contributed by atoms with Crippen LogP contribution in [0.3, 0.4) is 0 Å². The lowest BCUT2D eigenvalue weighted by Crippen LogP contribution is -2.02. The van der Waals surface area contributed by atoms with Gasteiger partial charge in [0.05, 0.1) is 11.0 Å². The minimum Gasteiger partial charge on any atom is -0.486 e. The van der Waals surface area contributed by atoms with Crippen LogP contribution in [0.15, 0.2) is 23.6 Å². The van der Waals surface area contributed by atoms with Crippen LogP contribution in [-0.2, 0) is 6.61 Å². The number of hydrogen-bond donors (Lipinski definition) is 1. The van der Waals surface area contributed by atoms with Crippen LogP contribution in [0.1, 0.15) is 29.3 Å². The average molecular weight is 294 g/mol. The molecule has 0 spiro atoms. The Morgan fingerprint density at radius 3 is 2.85 bits per heavy atom. The number of rotatable bonds is 5. The van der Waals surface area contributed by atoms with Gasteiger partial charge in [-0.15, -0.1) is 11.3 Å². The third-order valence-corrected chi connectivity index (χ3v) is 3.61. The molecule has 0 saturated carbocycles. The van der Waals surface area contributed by atoms with Crippen LogP contribution in [0, 0.1) is 17.0 Å². The Kier molecular flexibility index (Phi) is 4.31. The normalized spacial score (nSPS) is 12.2. The van der Waals surface area contributed by atoms with Crippen molar-refractivity contribution in [3.8, 4) is 5.75 Å². The Morgan fingerprint density at radius 1 is 1.55 bits per heavy atom. The van der Waals surface area contributed by atoms with E-state index in [1.807, 2.05) is 12.3 Å². The zero-order chi connectivity index (χ0) is 14.7. The van der Waals surface area contributed by atoms with E-state index in [2.05, 4.69) is 4.98 Å². The summed E-state index contributed by atoms with van der Waals surface area (Å²) in [5, 5.41) is 23.2. The number of nitro groups is 1. The molecule has 0 radical (unpaired) electrons. The van der Waals surface area contributed by atoms with Gasteiger partial charge in [0.25, 0.3) is 5.69 Å². The molecule has 0 unspecified atom stereocenters. The number of aromatic nitrogens is 1. The number of aryl methyl sites for hydroxylation is 1. The molecule has 20 heavy (non-hydrogen) atoms. The smallest absolute Gasteiger partial charge is 0.270 e. The molecule has 6 nitrogen and oxygen atoms in total. The van der Waals surface area contributed by atoms with Crippen molar-refractivity contribution in [2.45, 2.75) is 26.6 Å². The predicted molar refractivity (Wildman–Crippen MR) is 74.9 cm³/mol. The first-order chi connectivity index (χ1) is 9.47. The summed E-state index contributed by atoms with van der Waals surface area (Å²) in [6.45, 7) is 3.71. The SMILES string of the molecule is Cc1csc(COc2ccc([N+](=O)[O-])cc2[C@H](C)O)n1. The van der Waals surface area contributed by atoms with Gasteiger partial charge >= 0.3 is 0 Å². The van der Waals surface area contributed by atoms with Crippen molar-refractivity contribution in [3.05, 3.63) is 50.0 Å². The maximum absolute atomic E-state index is 10.7. The Balaban J connectivity index is 2.20. The fourth-order valence-electron chi connectivity index (χ4n) is 1.72. The number of aliphatic hydroxyl groups is 1. The molecule has 0 aliphatic carbocycles. The van der Waals surface area contributed by atoms with E-state index in [-0.39, 0.29) is 12.3 Å². The number of nitro benzene ring substituents is 1. The Hall–Kier alpha value is -1.99. The van der Waals surface area contributed by atoms with Gasteiger partial charge in [0.1, 0.15) is 17.4 Å². The van der Waals surface area contributed by atoms with Crippen LogP contribution in [0.25, 0.3) is 0 Å². The topological polar surface area (TPSA) is 85.5 Å². The molecule has 7 heteroatoms. The summed E-state index contributed by atoms with van der Waals surface area (Å²) >= 11 is 1.48. The third-order valence-electron chi connectivity index (χ3n) is 2.67. The van der Waals surface area contributed by atoms with Crippen molar-refractivity contribution in [1.29, 1.82) is 0 Å². The average Bonchev–Trinajstić information content (AvgIpc) is 2.81. The molecule has 106 valence electrons. The van der Waals surface area contributed by atoms with Crippen LogP contribution >= 0.6 is 11.3 Å². The first kappa shape index (κ1) is 14.4. The highest BCUT2D eigenvalue weighted by molar-refractivity contribution is 7.09. The Labute approximate surface area is 119 Å². The predicted octanol–water partition coefficient (Wildman–Crippen LogP) is 2.99. The lowest BCUT2D eigenvalue weighted by Gasteiger charge is -2.12. The van der Waals surface area contributed by atoms with E-state index >= 15 is 0 Å². The molecule has 0 fully saturated rings. The second-order valence-electron chi connectivity index (χ2n) is 4.33. The summed E-state index contributed by atoms with van der Waals surface area (Å²) in [5.74, 6) is 0.429. The fraction of sp³-hybridized carbons (Fsp3) is 0.308. The van der Waals surface area contributed by atoms with Crippen LogP contribution < -0.4 is 4.74 Å². The van der Waals surface area contributed by atoms with Gasteiger partial charge in [-0.25, -0.2) is 4.98 Å². The zero-order valence-corrected chi connectivity index (χ0v) is 11.9. The second kappa shape index (κ2) is 5.98. The number of non-ortho nitro benzene ring substituents is 1. The monoisotopic (exact) mass is 294 g/mol. The molecule has 1 heterocycles. The van der Waals surface area contributed by atoms with E-state index in [0.717, 1.165) is 10.7 Å². The van der Waals surface area contributed by atoms with Crippen molar-refractivity contribution in [1.82, 2.24) is 4.98 Å². The Bertz CT molecular complexity index is 625. The molecule has 1 N–H and O–H groups in total. The lowest BCUT2D eigenvalue weighted by atomic mass is 10.1. The van der Waals surface area contributed by atoms with E-state index in [0.29, 0.717) is 11.3 Å². The molecule has 2 aromatic rings. The summed E-state index contributed by atoms with van der Waals surface area (Å²) < 4.78 is 5.60. The number of aliphatic hydroxyl groups excluding tert-OH is 1. The maximum Gasteiger partial charge on any atom is 0.270 e. The maximum atomic E-state index is 10.7. The fourth-order valence-corrected chi connectivity index (χ4v) is 2.40. The number of hydrogen-bond acceptors (Lipinski definition) is 6. The highest BCUT2D eigenvalue weighted by Crippen LogP contribution is 2.30. The van der Waals surface area contributed by atoms with E-state index in [1.165, 1.54) is 29.5 Å². The molecule has 1 atom stereocenters. The van der Waals surface area contributed by atoms with Gasteiger partial charge in [-0.1, -0.05) is 0 Å². The molecule has 2 rings (SSSR count). The summed E-state index contributed by atoms with van der Waals surface area (Å²) in [5.41, 5.74) is 1.25. The van der Waals surface area contributed by atoms with Crippen LogP contribution in [0.4, 0.5) is 5.69 Å². The van der Waals surface area contributed by atoms with E-state index in [9.17, 15) is 15.2 Å². The zero-order valence-electron chi connectivity index (χ0n) is 11.1. The molecular formula is C13H14N2O4S.